The van der Waals surface area contributed by atoms with E-state index >= 15 is 0 Å². The van der Waals surface area contributed by atoms with Crippen molar-refractivity contribution in [3.8, 4) is 0 Å². The van der Waals surface area contributed by atoms with E-state index in [-0.39, 0.29) is 17.9 Å². The van der Waals surface area contributed by atoms with Gasteiger partial charge in [0, 0.05) is 58.4 Å². The van der Waals surface area contributed by atoms with Gasteiger partial charge >= 0.3 is 0 Å². The summed E-state index contributed by atoms with van der Waals surface area (Å²) in [5.74, 6) is 0.0826. The molecule has 2 aliphatic rings. The van der Waals surface area contributed by atoms with Gasteiger partial charge in [0.1, 0.15) is 6.04 Å². The summed E-state index contributed by atoms with van der Waals surface area (Å²) in [5, 5.41) is 2.70. The number of benzene rings is 1. The first kappa shape index (κ1) is 19.7. The number of aryl methyl sites for hydroxylation is 1. The number of anilines is 1. The van der Waals surface area contributed by atoms with Gasteiger partial charge in [0.15, 0.2) is 0 Å². The molecule has 1 N–H and O–H groups in total. The van der Waals surface area contributed by atoms with Gasteiger partial charge in [-0.05, 0) is 43.9 Å². The summed E-state index contributed by atoms with van der Waals surface area (Å²) in [6.45, 7) is 7.53. The van der Waals surface area contributed by atoms with E-state index in [2.05, 4.69) is 46.3 Å². The molecule has 6 nitrogen and oxygen atoms in total. The molecule has 1 atom stereocenters. The van der Waals surface area contributed by atoms with Gasteiger partial charge < -0.3 is 15.1 Å². The van der Waals surface area contributed by atoms with Gasteiger partial charge in [-0.2, -0.15) is 0 Å². The lowest BCUT2D eigenvalue weighted by Gasteiger charge is -2.37. The molecule has 6 heteroatoms. The second-order valence-corrected chi connectivity index (χ2v) is 7.63. The van der Waals surface area contributed by atoms with Crippen LogP contribution in [0.15, 0.2) is 24.3 Å². The molecule has 0 aromatic heterocycles. The number of carbonyl (C=O) groups excluding carboxylic acids is 2. The first-order valence-corrected chi connectivity index (χ1v) is 10.1. The average molecular weight is 373 g/mol. The molecule has 2 fully saturated rings. The average Bonchev–Trinajstić information content (AvgIpc) is 2.71. The highest BCUT2D eigenvalue weighted by atomic mass is 16.2. The zero-order chi connectivity index (χ0) is 19.2. The Morgan fingerprint density at radius 2 is 1.89 bits per heavy atom. The number of likely N-dealkylation sites (tertiary alicyclic amines) is 1. The zero-order valence-corrected chi connectivity index (χ0v) is 16.6. The number of nitrogens with one attached hydrogen (secondary N) is 1. The Labute approximate surface area is 162 Å². The topological polar surface area (TPSA) is 55.9 Å². The molecule has 2 aliphatic heterocycles. The van der Waals surface area contributed by atoms with Crippen LogP contribution in [0.3, 0.4) is 0 Å². The highest BCUT2D eigenvalue weighted by Crippen LogP contribution is 2.20. The third kappa shape index (κ3) is 5.01. The Kier molecular flexibility index (Phi) is 6.72. The molecule has 3 rings (SSSR count). The van der Waals surface area contributed by atoms with Crippen molar-refractivity contribution in [1.29, 1.82) is 0 Å². The number of hydrogen-bond acceptors (Lipinski definition) is 4. The summed E-state index contributed by atoms with van der Waals surface area (Å²) >= 11 is 0. The van der Waals surface area contributed by atoms with Gasteiger partial charge in [-0.25, -0.2) is 0 Å². The van der Waals surface area contributed by atoms with Crippen molar-refractivity contribution >= 4 is 17.5 Å². The van der Waals surface area contributed by atoms with Gasteiger partial charge in [-0.15, -0.1) is 0 Å². The number of carbonyl (C=O) groups is 2. The molecule has 1 aromatic rings. The number of amides is 2. The molecule has 0 spiro atoms. The molecule has 27 heavy (non-hydrogen) atoms. The van der Waals surface area contributed by atoms with E-state index in [1.54, 1.807) is 11.9 Å². The molecule has 0 saturated carbocycles. The van der Waals surface area contributed by atoms with E-state index in [4.69, 9.17) is 0 Å². The fraction of sp³-hybridized carbons (Fsp3) is 0.619. The van der Waals surface area contributed by atoms with Crippen molar-refractivity contribution in [2.75, 3.05) is 51.2 Å². The summed E-state index contributed by atoms with van der Waals surface area (Å²) in [7, 11) is 1.65. The molecule has 2 heterocycles. The number of piperidine rings is 1. The number of nitrogens with zero attached hydrogens (tertiary/aromatic N) is 3. The lowest BCUT2D eigenvalue weighted by atomic mass is 10.0. The SMILES string of the molecule is CNC(=O)C1CCCCN1C(=O)CCN1CCN(c2cccc(C)c2)CC1. The predicted molar refractivity (Wildman–Crippen MR) is 108 cm³/mol. The van der Waals surface area contributed by atoms with Crippen LogP contribution in [-0.4, -0.2) is 74.0 Å². The molecular weight excluding hydrogens is 340 g/mol. The van der Waals surface area contributed by atoms with Crippen LogP contribution in [0.1, 0.15) is 31.2 Å². The summed E-state index contributed by atoms with van der Waals surface area (Å²) in [4.78, 5) is 31.3. The van der Waals surface area contributed by atoms with Crippen LogP contribution in [0, 0.1) is 6.92 Å². The Bertz CT molecular complexity index is 655. The Hall–Kier alpha value is -2.08. The van der Waals surface area contributed by atoms with E-state index in [0.717, 1.165) is 52.0 Å². The van der Waals surface area contributed by atoms with Crippen LogP contribution < -0.4 is 10.2 Å². The molecule has 0 aliphatic carbocycles. The minimum Gasteiger partial charge on any atom is -0.369 e. The van der Waals surface area contributed by atoms with E-state index in [0.29, 0.717) is 13.0 Å². The molecule has 1 unspecified atom stereocenters. The lowest BCUT2D eigenvalue weighted by Crippen LogP contribution is -2.52. The Morgan fingerprint density at radius 1 is 1.11 bits per heavy atom. The molecule has 148 valence electrons. The van der Waals surface area contributed by atoms with Gasteiger partial charge in [-0.3, -0.25) is 14.5 Å². The van der Waals surface area contributed by atoms with Crippen molar-refractivity contribution < 1.29 is 9.59 Å². The first-order chi connectivity index (χ1) is 13.1. The zero-order valence-electron chi connectivity index (χ0n) is 16.6. The summed E-state index contributed by atoms with van der Waals surface area (Å²) in [5.41, 5.74) is 2.57. The van der Waals surface area contributed by atoms with Crippen molar-refractivity contribution in [2.24, 2.45) is 0 Å². The molecule has 0 radical (unpaired) electrons. The summed E-state index contributed by atoms with van der Waals surface area (Å²) < 4.78 is 0. The summed E-state index contributed by atoms with van der Waals surface area (Å²) in [6.07, 6.45) is 3.29. The third-order valence-corrected chi connectivity index (χ3v) is 5.75. The van der Waals surface area contributed by atoms with Crippen LogP contribution in [0.2, 0.25) is 0 Å². The molecule has 2 amide bonds. The quantitative estimate of drug-likeness (QED) is 0.854. The number of hydrogen-bond donors (Lipinski definition) is 1. The van der Waals surface area contributed by atoms with Crippen LogP contribution in [-0.2, 0) is 9.59 Å². The van der Waals surface area contributed by atoms with E-state index < -0.39 is 0 Å². The smallest absolute Gasteiger partial charge is 0.242 e. The maximum absolute atomic E-state index is 12.7. The van der Waals surface area contributed by atoms with Crippen LogP contribution in [0.5, 0.6) is 0 Å². The third-order valence-electron chi connectivity index (χ3n) is 5.75. The van der Waals surface area contributed by atoms with E-state index in [9.17, 15) is 9.59 Å². The molecule has 2 saturated heterocycles. The van der Waals surface area contributed by atoms with Gasteiger partial charge in [-0.1, -0.05) is 12.1 Å². The van der Waals surface area contributed by atoms with E-state index in [1.807, 2.05) is 0 Å². The normalized spacial score (nSPS) is 21.2. The first-order valence-electron chi connectivity index (χ1n) is 10.1. The van der Waals surface area contributed by atoms with E-state index in [1.165, 1.54) is 11.3 Å². The largest absolute Gasteiger partial charge is 0.369 e. The van der Waals surface area contributed by atoms with Crippen molar-refractivity contribution in [1.82, 2.24) is 15.1 Å². The molecular formula is C21H32N4O2. The van der Waals surface area contributed by atoms with Gasteiger partial charge in [0.2, 0.25) is 11.8 Å². The summed E-state index contributed by atoms with van der Waals surface area (Å²) in [6, 6.07) is 8.35. The fourth-order valence-corrected chi connectivity index (χ4v) is 4.12. The fourth-order valence-electron chi connectivity index (χ4n) is 4.12. The monoisotopic (exact) mass is 372 g/mol. The van der Waals surface area contributed by atoms with Crippen LogP contribution >= 0.6 is 0 Å². The number of rotatable bonds is 5. The van der Waals surface area contributed by atoms with Crippen molar-refractivity contribution in [3.05, 3.63) is 29.8 Å². The van der Waals surface area contributed by atoms with Crippen molar-refractivity contribution in [2.45, 2.75) is 38.6 Å². The van der Waals surface area contributed by atoms with Gasteiger partial charge in [0.05, 0.1) is 0 Å². The predicted octanol–water partition coefficient (Wildman–Crippen LogP) is 1.63. The van der Waals surface area contributed by atoms with Gasteiger partial charge in [0.25, 0.3) is 0 Å². The van der Waals surface area contributed by atoms with Crippen molar-refractivity contribution in [3.63, 3.8) is 0 Å². The maximum Gasteiger partial charge on any atom is 0.242 e. The molecule has 1 aromatic carbocycles. The Balaban J connectivity index is 1.46. The minimum atomic E-state index is -0.283. The lowest BCUT2D eigenvalue weighted by molar-refractivity contribution is -0.142. The van der Waals surface area contributed by atoms with Crippen LogP contribution in [0.25, 0.3) is 0 Å². The highest BCUT2D eigenvalue weighted by molar-refractivity contribution is 5.87. The van der Waals surface area contributed by atoms with Crippen LogP contribution in [0.4, 0.5) is 5.69 Å². The second-order valence-electron chi connectivity index (χ2n) is 7.63. The minimum absolute atomic E-state index is 0.0326. The number of likely N-dealkylation sites (N-methyl/N-ethyl adjacent to an activating group) is 1. The standard InChI is InChI=1S/C21H32N4O2/c1-17-6-5-7-18(16-17)24-14-12-23(13-15-24)11-9-20(26)25-10-4-3-8-19(25)21(27)22-2/h5-7,16,19H,3-4,8-15H2,1-2H3,(H,22,27). The maximum atomic E-state index is 12.7. The number of piperazine rings is 1. The highest BCUT2D eigenvalue weighted by Gasteiger charge is 2.31. The second kappa shape index (κ2) is 9.22. The molecule has 0 bridgehead atoms. The Morgan fingerprint density at radius 3 is 2.59 bits per heavy atom.